The van der Waals surface area contributed by atoms with Crippen molar-refractivity contribution in [2.24, 2.45) is 0 Å². The predicted octanol–water partition coefficient (Wildman–Crippen LogP) is 2.58. The third-order valence-corrected chi connectivity index (χ3v) is 4.46. The third kappa shape index (κ3) is 2.55. The van der Waals surface area contributed by atoms with Crippen molar-refractivity contribution in [2.45, 2.75) is 41.9 Å². The summed E-state index contributed by atoms with van der Waals surface area (Å²) < 4.78 is 15.9. The lowest BCUT2D eigenvalue weighted by molar-refractivity contribution is 0.550. The highest BCUT2D eigenvalue weighted by atomic mass is 32.2. The van der Waals surface area contributed by atoms with Gasteiger partial charge in [-0.05, 0) is 61.1 Å². The molecule has 1 unspecified atom stereocenters. The Morgan fingerprint density at radius 3 is 2.95 bits per heavy atom. The fraction of sp³-hybridized carbons (Fsp3) is 0.462. The van der Waals surface area contributed by atoms with Crippen molar-refractivity contribution >= 4 is 11.8 Å². The van der Waals surface area contributed by atoms with Crippen LogP contribution < -0.4 is 5.32 Å². The average Bonchev–Trinajstić information content (AvgIpc) is 3.19. The molecule has 1 heterocycles. The maximum Gasteiger partial charge on any atom is 0.214 e. The SMILES string of the molecule is CNC(C)c1c(F)cccc1Sc1nnnn1C1CC1. The molecule has 1 N–H and O–H groups in total. The van der Waals surface area contributed by atoms with Crippen LogP contribution in [0.2, 0.25) is 0 Å². The van der Waals surface area contributed by atoms with Crippen LogP contribution in [0.15, 0.2) is 28.3 Å². The van der Waals surface area contributed by atoms with Crippen LogP contribution in [0.4, 0.5) is 4.39 Å². The second-order valence-corrected chi connectivity index (χ2v) is 5.91. The van der Waals surface area contributed by atoms with Crippen molar-refractivity contribution in [3.63, 3.8) is 0 Å². The number of halogens is 1. The summed E-state index contributed by atoms with van der Waals surface area (Å²) in [5.41, 5.74) is 0.658. The van der Waals surface area contributed by atoms with Crippen LogP contribution in [0, 0.1) is 5.82 Å². The van der Waals surface area contributed by atoms with E-state index in [1.165, 1.54) is 17.8 Å². The number of rotatable bonds is 5. The zero-order chi connectivity index (χ0) is 14.1. The van der Waals surface area contributed by atoms with E-state index in [9.17, 15) is 4.39 Å². The second kappa shape index (κ2) is 5.49. The van der Waals surface area contributed by atoms with Gasteiger partial charge in [-0.2, -0.15) is 0 Å². The van der Waals surface area contributed by atoms with E-state index in [4.69, 9.17) is 0 Å². The summed E-state index contributed by atoms with van der Waals surface area (Å²) in [5.74, 6) is -0.206. The molecule has 5 nitrogen and oxygen atoms in total. The Bertz CT molecular complexity index is 611. The molecule has 1 aliphatic rings. The zero-order valence-electron chi connectivity index (χ0n) is 11.4. The first kappa shape index (κ1) is 13.5. The minimum absolute atomic E-state index is 0.0658. The summed E-state index contributed by atoms with van der Waals surface area (Å²) >= 11 is 1.42. The van der Waals surface area contributed by atoms with Gasteiger partial charge in [0.1, 0.15) is 5.82 Å². The Balaban J connectivity index is 1.94. The molecular formula is C13H16FN5S. The first-order valence-electron chi connectivity index (χ1n) is 6.62. The molecule has 1 saturated carbocycles. The predicted molar refractivity (Wildman–Crippen MR) is 74.1 cm³/mol. The fourth-order valence-electron chi connectivity index (χ4n) is 2.07. The number of hydrogen-bond acceptors (Lipinski definition) is 5. The van der Waals surface area contributed by atoms with Gasteiger partial charge >= 0.3 is 0 Å². The van der Waals surface area contributed by atoms with Crippen LogP contribution >= 0.6 is 11.8 Å². The molecule has 2 aromatic rings. The van der Waals surface area contributed by atoms with Crippen LogP contribution in [0.1, 0.15) is 37.4 Å². The molecule has 0 spiro atoms. The highest BCUT2D eigenvalue weighted by molar-refractivity contribution is 7.99. The van der Waals surface area contributed by atoms with E-state index in [2.05, 4.69) is 20.8 Å². The molecule has 0 bridgehead atoms. The van der Waals surface area contributed by atoms with Crippen LogP contribution in [-0.4, -0.2) is 27.3 Å². The molecule has 0 saturated heterocycles. The van der Waals surface area contributed by atoms with E-state index in [1.807, 2.05) is 24.7 Å². The summed E-state index contributed by atoms with van der Waals surface area (Å²) in [6, 6.07) is 5.45. The van der Waals surface area contributed by atoms with Gasteiger partial charge in [-0.25, -0.2) is 9.07 Å². The van der Waals surface area contributed by atoms with Crippen molar-refractivity contribution in [3.8, 4) is 0 Å². The summed E-state index contributed by atoms with van der Waals surface area (Å²) in [7, 11) is 1.82. The van der Waals surface area contributed by atoms with Gasteiger partial charge in [-0.1, -0.05) is 6.07 Å². The Kier molecular flexibility index (Phi) is 3.71. The standard InChI is InChI=1S/C13H16FN5S/c1-8(15-2)12-10(14)4-3-5-11(12)20-13-16-17-18-19(13)9-6-7-9/h3-5,8-9,15H,6-7H2,1-2H3. The Hall–Kier alpha value is -1.47. The molecule has 1 atom stereocenters. The number of nitrogens with one attached hydrogen (secondary N) is 1. The van der Waals surface area contributed by atoms with Crippen molar-refractivity contribution < 1.29 is 4.39 Å². The Labute approximate surface area is 120 Å². The van der Waals surface area contributed by atoms with Gasteiger partial charge in [0.25, 0.3) is 0 Å². The minimum atomic E-state index is -0.206. The van der Waals surface area contributed by atoms with Crippen molar-refractivity contribution in [3.05, 3.63) is 29.6 Å². The topological polar surface area (TPSA) is 55.6 Å². The minimum Gasteiger partial charge on any atom is -0.313 e. The normalized spacial score (nSPS) is 16.4. The second-order valence-electron chi connectivity index (χ2n) is 4.90. The molecule has 0 aliphatic heterocycles. The van der Waals surface area contributed by atoms with Crippen LogP contribution in [0.5, 0.6) is 0 Å². The lowest BCUT2D eigenvalue weighted by Gasteiger charge is -2.16. The van der Waals surface area contributed by atoms with Gasteiger partial charge in [0.05, 0.1) is 6.04 Å². The Morgan fingerprint density at radius 1 is 1.45 bits per heavy atom. The summed E-state index contributed by atoms with van der Waals surface area (Å²) in [4.78, 5) is 0.851. The molecule has 1 fully saturated rings. The molecular weight excluding hydrogens is 277 g/mol. The maximum atomic E-state index is 14.1. The van der Waals surface area contributed by atoms with E-state index in [1.54, 1.807) is 6.07 Å². The summed E-state index contributed by atoms with van der Waals surface area (Å²) in [5, 5.41) is 15.6. The van der Waals surface area contributed by atoms with Crippen LogP contribution in [-0.2, 0) is 0 Å². The number of aromatic nitrogens is 4. The Morgan fingerprint density at radius 2 is 2.25 bits per heavy atom. The molecule has 0 amide bonds. The van der Waals surface area contributed by atoms with E-state index in [0.717, 1.165) is 22.9 Å². The van der Waals surface area contributed by atoms with Gasteiger partial charge in [-0.15, -0.1) is 5.10 Å². The molecule has 106 valence electrons. The molecule has 7 heteroatoms. The lowest BCUT2D eigenvalue weighted by atomic mass is 10.1. The largest absolute Gasteiger partial charge is 0.313 e. The molecule has 3 rings (SSSR count). The quantitative estimate of drug-likeness (QED) is 0.918. The zero-order valence-corrected chi connectivity index (χ0v) is 12.2. The van der Waals surface area contributed by atoms with Crippen molar-refractivity contribution in [1.29, 1.82) is 0 Å². The molecule has 0 radical (unpaired) electrons. The first-order chi connectivity index (χ1) is 9.70. The lowest BCUT2D eigenvalue weighted by Crippen LogP contribution is -2.15. The average molecular weight is 293 g/mol. The molecule has 1 aliphatic carbocycles. The van der Waals surface area contributed by atoms with Crippen LogP contribution in [0.3, 0.4) is 0 Å². The highest BCUT2D eigenvalue weighted by Crippen LogP contribution is 2.39. The molecule has 1 aromatic carbocycles. The smallest absolute Gasteiger partial charge is 0.214 e. The number of nitrogens with zero attached hydrogens (tertiary/aromatic N) is 4. The van der Waals surface area contributed by atoms with Gasteiger partial charge in [0.2, 0.25) is 5.16 Å². The third-order valence-electron chi connectivity index (χ3n) is 3.44. The van der Waals surface area contributed by atoms with E-state index < -0.39 is 0 Å². The number of tetrazole rings is 1. The summed E-state index contributed by atoms with van der Waals surface area (Å²) in [6.07, 6.45) is 2.23. The number of hydrogen-bond donors (Lipinski definition) is 1. The summed E-state index contributed by atoms with van der Waals surface area (Å²) in [6.45, 7) is 1.94. The van der Waals surface area contributed by atoms with Crippen LogP contribution in [0.25, 0.3) is 0 Å². The van der Waals surface area contributed by atoms with Crippen molar-refractivity contribution in [1.82, 2.24) is 25.5 Å². The van der Waals surface area contributed by atoms with Gasteiger partial charge < -0.3 is 5.32 Å². The van der Waals surface area contributed by atoms with Gasteiger partial charge in [0, 0.05) is 16.5 Å². The maximum absolute atomic E-state index is 14.1. The van der Waals surface area contributed by atoms with Crippen molar-refractivity contribution in [2.75, 3.05) is 7.05 Å². The monoisotopic (exact) mass is 293 g/mol. The van der Waals surface area contributed by atoms with E-state index >= 15 is 0 Å². The highest BCUT2D eigenvalue weighted by Gasteiger charge is 2.28. The van der Waals surface area contributed by atoms with Gasteiger partial charge in [-0.3, -0.25) is 0 Å². The molecule has 20 heavy (non-hydrogen) atoms. The fourth-order valence-corrected chi connectivity index (χ4v) is 3.15. The molecule has 1 aromatic heterocycles. The van der Waals surface area contributed by atoms with E-state index in [-0.39, 0.29) is 11.9 Å². The van der Waals surface area contributed by atoms with E-state index in [0.29, 0.717) is 11.6 Å². The number of benzene rings is 1. The first-order valence-corrected chi connectivity index (χ1v) is 7.43. The van der Waals surface area contributed by atoms with Gasteiger partial charge in [0.15, 0.2) is 0 Å².